The number of fused-ring (bicyclic) bond motifs is 1. The number of likely N-dealkylation sites (N-methyl/N-ethyl adjacent to an activating group) is 1. The van der Waals surface area contributed by atoms with E-state index in [1.165, 1.54) is 6.33 Å². The summed E-state index contributed by atoms with van der Waals surface area (Å²) in [7, 11) is 5.10. The molecule has 0 aromatic carbocycles. The molecule has 2 saturated heterocycles. The molecule has 1 aromatic heterocycles. The van der Waals surface area contributed by atoms with Gasteiger partial charge in [-0.2, -0.15) is 0 Å². The fourth-order valence-corrected chi connectivity index (χ4v) is 3.08. The van der Waals surface area contributed by atoms with Gasteiger partial charge in [-0.1, -0.05) is 0 Å². The summed E-state index contributed by atoms with van der Waals surface area (Å²) in [4.78, 5) is 24.2. The summed E-state index contributed by atoms with van der Waals surface area (Å²) in [5.74, 6) is 1.41. The van der Waals surface area contributed by atoms with E-state index >= 15 is 0 Å². The largest absolute Gasteiger partial charge is 0.481 e. The van der Waals surface area contributed by atoms with Crippen LogP contribution in [0.5, 0.6) is 5.88 Å². The lowest BCUT2D eigenvalue weighted by Crippen LogP contribution is -2.36. The Morgan fingerprint density at radius 1 is 1.48 bits per heavy atom. The summed E-state index contributed by atoms with van der Waals surface area (Å²) < 4.78 is 11.1. The van der Waals surface area contributed by atoms with Crippen LogP contribution in [0.15, 0.2) is 12.4 Å². The number of rotatable bonds is 3. The molecular weight excluding hydrogens is 272 g/mol. The van der Waals surface area contributed by atoms with Crippen LogP contribution < -0.4 is 9.64 Å². The van der Waals surface area contributed by atoms with Crippen LogP contribution in [0.1, 0.15) is 12.8 Å². The van der Waals surface area contributed by atoms with Crippen LogP contribution >= 0.6 is 0 Å². The number of ether oxygens (including phenoxy) is 2. The minimum absolute atomic E-state index is 0.0321. The first-order valence-electron chi connectivity index (χ1n) is 7.09. The van der Waals surface area contributed by atoms with E-state index in [1.54, 1.807) is 26.1 Å². The summed E-state index contributed by atoms with van der Waals surface area (Å²) in [5.41, 5.74) is 0. The van der Waals surface area contributed by atoms with Crippen molar-refractivity contribution in [2.75, 3.05) is 32.6 Å². The maximum atomic E-state index is 12.1. The van der Waals surface area contributed by atoms with E-state index in [4.69, 9.17) is 9.47 Å². The first kappa shape index (κ1) is 14.1. The molecule has 114 valence electrons. The Bertz CT molecular complexity index is 537. The number of amides is 1. The predicted molar refractivity (Wildman–Crippen MR) is 76.3 cm³/mol. The molecule has 3 rings (SSSR count). The fraction of sp³-hybridized carbons (Fsp3) is 0.643. The number of methoxy groups -OCH3 is 1. The molecule has 2 aliphatic rings. The lowest BCUT2D eigenvalue weighted by atomic mass is 10.1. The SMILES string of the molecule is COc1cc(N2CC[C@@H]3O[C@H](C(=O)N(C)C)C[C@@H]32)ncn1. The molecule has 2 fully saturated rings. The number of hydrogen-bond donors (Lipinski definition) is 0. The van der Waals surface area contributed by atoms with Crippen LogP contribution in [0.3, 0.4) is 0 Å². The lowest BCUT2D eigenvalue weighted by molar-refractivity contribution is -0.140. The fourth-order valence-electron chi connectivity index (χ4n) is 3.08. The van der Waals surface area contributed by atoms with E-state index in [1.807, 2.05) is 6.07 Å². The van der Waals surface area contributed by atoms with Crippen molar-refractivity contribution in [3.63, 3.8) is 0 Å². The lowest BCUT2D eigenvalue weighted by Gasteiger charge is -2.24. The van der Waals surface area contributed by atoms with Crippen LogP contribution in [0.25, 0.3) is 0 Å². The number of hydrogen-bond acceptors (Lipinski definition) is 6. The van der Waals surface area contributed by atoms with Gasteiger partial charge in [-0.05, 0) is 6.42 Å². The number of nitrogens with zero attached hydrogens (tertiary/aromatic N) is 4. The number of aromatic nitrogens is 2. The molecule has 0 aliphatic carbocycles. The summed E-state index contributed by atoms with van der Waals surface area (Å²) in [6.45, 7) is 0.873. The monoisotopic (exact) mass is 292 g/mol. The van der Waals surface area contributed by atoms with Crippen molar-refractivity contribution >= 4 is 11.7 Å². The molecule has 0 saturated carbocycles. The van der Waals surface area contributed by atoms with Crippen molar-refractivity contribution in [3.8, 4) is 5.88 Å². The first-order chi connectivity index (χ1) is 10.1. The van der Waals surface area contributed by atoms with Crippen LogP contribution in [-0.4, -0.2) is 66.8 Å². The van der Waals surface area contributed by atoms with E-state index in [9.17, 15) is 4.79 Å². The van der Waals surface area contributed by atoms with Gasteiger partial charge in [0.15, 0.2) is 0 Å². The molecule has 1 aromatic rings. The zero-order valence-corrected chi connectivity index (χ0v) is 12.5. The Labute approximate surface area is 123 Å². The average molecular weight is 292 g/mol. The average Bonchev–Trinajstić information content (AvgIpc) is 3.06. The van der Waals surface area contributed by atoms with Gasteiger partial charge in [0.1, 0.15) is 18.2 Å². The highest BCUT2D eigenvalue weighted by atomic mass is 16.5. The molecule has 0 radical (unpaired) electrons. The van der Waals surface area contributed by atoms with Crippen LogP contribution in [0, 0.1) is 0 Å². The Morgan fingerprint density at radius 3 is 3.00 bits per heavy atom. The smallest absolute Gasteiger partial charge is 0.251 e. The minimum Gasteiger partial charge on any atom is -0.481 e. The third kappa shape index (κ3) is 2.53. The highest BCUT2D eigenvalue weighted by molar-refractivity contribution is 5.81. The number of carbonyl (C=O) groups is 1. The third-order valence-corrected chi connectivity index (χ3v) is 4.13. The standard InChI is InChI=1S/C14H20N4O3/c1-17(2)14(19)11-6-9-10(21-11)4-5-18(9)12-7-13(20-3)16-8-15-12/h7-11H,4-6H2,1-3H3/t9-,10-,11-/m0/s1. The highest BCUT2D eigenvalue weighted by Crippen LogP contribution is 2.36. The minimum atomic E-state index is -0.346. The van der Waals surface area contributed by atoms with Gasteiger partial charge in [0.25, 0.3) is 5.91 Å². The van der Waals surface area contributed by atoms with Gasteiger partial charge in [-0.15, -0.1) is 0 Å². The van der Waals surface area contributed by atoms with Crippen LogP contribution in [0.4, 0.5) is 5.82 Å². The molecule has 7 heteroatoms. The van der Waals surface area contributed by atoms with Crippen molar-refractivity contribution < 1.29 is 14.3 Å². The van der Waals surface area contributed by atoms with Gasteiger partial charge in [0.05, 0.1) is 19.3 Å². The number of carbonyl (C=O) groups excluding carboxylic acids is 1. The molecule has 3 atom stereocenters. The molecule has 0 N–H and O–H groups in total. The second kappa shape index (κ2) is 5.48. The normalized spacial score (nSPS) is 27.6. The van der Waals surface area contributed by atoms with E-state index in [0.29, 0.717) is 12.3 Å². The van der Waals surface area contributed by atoms with Crippen molar-refractivity contribution in [2.24, 2.45) is 0 Å². The second-order valence-electron chi connectivity index (χ2n) is 5.60. The van der Waals surface area contributed by atoms with E-state index < -0.39 is 0 Å². The van der Waals surface area contributed by atoms with E-state index in [-0.39, 0.29) is 24.2 Å². The van der Waals surface area contributed by atoms with Gasteiger partial charge in [0, 0.05) is 33.1 Å². The second-order valence-corrected chi connectivity index (χ2v) is 5.60. The van der Waals surface area contributed by atoms with Gasteiger partial charge in [-0.3, -0.25) is 4.79 Å². The van der Waals surface area contributed by atoms with Gasteiger partial charge in [-0.25, -0.2) is 9.97 Å². The summed E-state index contributed by atoms with van der Waals surface area (Å²) >= 11 is 0. The molecule has 0 unspecified atom stereocenters. The van der Waals surface area contributed by atoms with E-state index in [0.717, 1.165) is 18.8 Å². The Morgan fingerprint density at radius 2 is 2.29 bits per heavy atom. The van der Waals surface area contributed by atoms with Gasteiger partial charge >= 0.3 is 0 Å². The van der Waals surface area contributed by atoms with Crippen molar-refractivity contribution in [3.05, 3.63) is 12.4 Å². The molecule has 1 amide bonds. The zero-order valence-electron chi connectivity index (χ0n) is 12.5. The maximum Gasteiger partial charge on any atom is 0.251 e. The highest BCUT2D eigenvalue weighted by Gasteiger charge is 2.46. The van der Waals surface area contributed by atoms with Gasteiger partial charge in [0.2, 0.25) is 5.88 Å². The van der Waals surface area contributed by atoms with Crippen molar-refractivity contribution in [2.45, 2.75) is 31.1 Å². The molecule has 0 spiro atoms. The summed E-state index contributed by atoms with van der Waals surface area (Å²) in [6, 6.07) is 2.02. The third-order valence-electron chi connectivity index (χ3n) is 4.13. The maximum absolute atomic E-state index is 12.1. The molecular formula is C14H20N4O3. The Hall–Kier alpha value is -1.89. The molecule has 7 nitrogen and oxygen atoms in total. The quantitative estimate of drug-likeness (QED) is 0.799. The summed E-state index contributed by atoms with van der Waals surface area (Å²) in [6.07, 6.45) is 2.86. The van der Waals surface area contributed by atoms with E-state index in [2.05, 4.69) is 14.9 Å². The van der Waals surface area contributed by atoms with Crippen LogP contribution in [-0.2, 0) is 9.53 Å². The molecule has 21 heavy (non-hydrogen) atoms. The summed E-state index contributed by atoms with van der Waals surface area (Å²) in [5, 5.41) is 0. The van der Waals surface area contributed by atoms with Crippen molar-refractivity contribution in [1.29, 1.82) is 0 Å². The topological polar surface area (TPSA) is 67.8 Å². The Kier molecular flexibility index (Phi) is 3.67. The van der Waals surface area contributed by atoms with Gasteiger partial charge < -0.3 is 19.3 Å². The Balaban J connectivity index is 1.76. The predicted octanol–water partition coefficient (Wildman–Crippen LogP) is 0.310. The zero-order chi connectivity index (χ0) is 15.0. The number of anilines is 1. The first-order valence-corrected chi connectivity index (χ1v) is 7.09. The van der Waals surface area contributed by atoms with Crippen LogP contribution in [0.2, 0.25) is 0 Å². The van der Waals surface area contributed by atoms with Crippen molar-refractivity contribution in [1.82, 2.24) is 14.9 Å². The molecule has 3 heterocycles. The molecule has 0 bridgehead atoms. The molecule has 2 aliphatic heterocycles.